The number of anilines is 1. The van der Waals surface area contributed by atoms with Crippen molar-refractivity contribution in [1.29, 1.82) is 0 Å². The van der Waals surface area contributed by atoms with E-state index in [1.807, 2.05) is 4.72 Å². The maximum Gasteiger partial charge on any atom is 0.522 e. The molecule has 0 spiro atoms. The molecule has 9 nitrogen and oxygen atoms in total. The van der Waals surface area contributed by atoms with E-state index in [-0.39, 0.29) is 12.4 Å². The number of fused-ring (bicyclic) bond motifs is 3. The molecule has 2 N–H and O–H groups in total. The van der Waals surface area contributed by atoms with Gasteiger partial charge in [-0.15, -0.1) is 13.2 Å². The van der Waals surface area contributed by atoms with Crippen molar-refractivity contribution < 1.29 is 35.9 Å². The summed E-state index contributed by atoms with van der Waals surface area (Å²) in [6, 6.07) is 1.27. The number of aromatic nitrogens is 2. The highest BCUT2D eigenvalue weighted by Gasteiger charge is 2.38. The number of alkyl halides is 3. The standard InChI is InChI=1S/C20H21F3N4O5S/c21-20(22,23)32-13-9-27-18(31-10-13)16(8-24-27)33(29,30)26-19(28)25-17-14-5-1-3-11(14)7-12-4-2-6-15(12)17/h7-8,13H,1-6,9-10H2,(H2,25,26,28). The highest BCUT2D eigenvalue weighted by atomic mass is 32.2. The summed E-state index contributed by atoms with van der Waals surface area (Å²) >= 11 is 0. The predicted molar refractivity (Wildman–Crippen MR) is 108 cm³/mol. The molecular weight excluding hydrogens is 465 g/mol. The predicted octanol–water partition coefficient (Wildman–Crippen LogP) is 2.67. The lowest BCUT2D eigenvalue weighted by molar-refractivity contribution is -0.348. The average Bonchev–Trinajstić information content (AvgIpc) is 3.44. The van der Waals surface area contributed by atoms with Crippen LogP contribution in [0.5, 0.6) is 5.88 Å². The van der Waals surface area contributed by atoms with Crippen molar-refractivity contribution in [3.8, 4) is 5.88 Å². The first-order valence-electron chi connectivity index (χ1n) is 10.5. The molecule has 1 aromatic heterocycles. The molecule has 0 fully saturated rings. The summed E-state index contributed by atoms with van der Waals surface area (Å²) in [5.41, 5.74) is 5.15. The number of carbonyl (C=O) groups is 1. The number of aryl methyl sites for hydroxylation is 2. The lowest BCUT2D eigenvalue weighted by Crippen LogP contribution is -2.38. The smallest absolute Gasteiger partial charge is 0.474 e. The van der Waals surface area contributed by atoms with Gasteiger partial charge in [0.15, 0.2) is 4.90 Å². The molecule has 1 unspecified atom stereocenters. The number of nitrogens with zero attached hydrogens (tertiary/aromatic N) is 2. The molecule has 3 aliphatic rings. The minimum atomic E-state index is -4.86. The Labute approximate surface area is 187 Å². The van der Waals surface area contributed by atoms with E-state index in [1.165, 1.54) is 11.1 Å². The van der Waals surface area contributed by atoms with E-state index in [1.54, 1.807) is 0 Å². The fraction of sp³-hybridized carbons (Fsp3) is 0.500. The van der Waals surface area contributed by atoms with E-state index in [4.69, 9.17) is 4.74 Å². The number of carbonyl (C=O) groups excluding carboxylic acids is 1. The zero-order chi connectivity index (χ0) is 23.4. The van der Waals surface area contributed by atoms with Crippen LogP contribution in [-0.2, 0) is 47.0 Å². The normalized spacial score (nSPS) is 19.4. The van der Waals surface area contributed by atoms with Crippen molar-refractivity contribution in [2.45, 2.75) is 62.4 Å². The number of hydrogen-bond acceptors (Lipinski definition) is 6. The number of ether oxygens (including phenoxy) is 2. The maximum absolute atomic E-state index is 12.8. The van der Waals surface area contributed by atoms with E-state index >= 15 is 0 Å². The molecule has 0 bridgehead atoms. The molecule has 2 aliphatic carbocycles. The van der Waals surface area contributed by atoms with E-state index in [0.717, 1.165) is 60.5 Å². The Kier molecular flexibility index (Phi) is 5.27. The van der Waals surface area contributed by atoms with Crippen molar-refractivity contribution in [2.75, 3.05) is 11.9 Å². The van der Waals surface area contributed by atoms with Gasteiger partial charge >= 0.3 is 12.4 Å². The summed E-state index contributed by atoms with van der Waals surface area (Å²) in [7, 11) is -4.39. The van der Waals surface area contributed by atoms with Gasteiger partial charge in [-0.05, 0) is 60.8 Å². The fourth-order valence-corrected chi connectivity index (χ4v) is 5.76. The van der Waals surface area contributed by atoms with Crippen LogP contribution < -0.4 is 14.8 Å². The summed E-state index contributed by atoms with van der Waals surface area (Å²) in [6.45, 7) is -0.860. The zero-order valence-corrected chi connectivity index (χ0v) is 18.2. The van der Waals surface area contributed by atoms with Gasteiger partial charge in [-0.2, -0.15) is 5.10 Å². The number of halogens is 3. The van der Waals surface area contributed by atoms with Crippen LogP contribution in [0.3, 0.4) is 0 Å². The van der Waals surface area contributed by atoms with E-state index in [0.29, 0.717) is 5.69 Å². The fourth-order valence-electron chi connectivity index (χ4n) is 4.78. The molecule has 5 rings (SSSR count). The number of hydrogen-bond donors (Lipinski definition) is 2. The van der Waals surface area contributed by atoms with Crippen LogP contribution >= 0.6 is 0 Å². The Morgan fingerprint density at radius 1 is 1.15 bits per heavy atom. The number of urea groups is 1. The van der Waals surface area contributed by atoms with Crippen LogP contribution in [0.1, 0.15) is 35.1 Å². The van der Waals surface area contributed by atoms with Crippen LogP contribution in [0, 0.1) is 0 Å². The second-order valence-electron chi connectivity index (χ2n) is 8.29. The topological polar surface area (TPSA) is 112 Å². The molecule has 2 aromatic rings. The third-order valence-electron chi connectivity index (χ3n) is 6.07. The number of benzene rings is 1. The molecule has 13 heteroatoms. The largest absolute Gasteiger partial charge is 0.522 e. The van der Waals surface area contributed by atoms with Gasteiger partial charge in [0, 0.05) is 5.69 Å². The van der Waals surface area contributed by atoms with Gasteiger partial charge in [-0.1, -0.05) is 6.07 Å². The molecule has 1 aliphatic heterocycles. The van der Waals surface area contributed by atoms with Gasteiger partial charge < -0.3 is 10.1 Å². The van der Waals surface area contributed by atoms with Crippen molar-refractivity contribution in [2.24, 2.45) is 0 Å². The van der Waals surface area contributed by atoms with E-state index < -0.39 is 40.0 Å². The van der Waals surface area contributed by atoms with Crippen LogP contribution in [0.15, 0.2) is 17.2 Å². The van der Waals surface area contributed by atoms with Gasteiger partial charge in [0.05, 0.1) is 12.7 Å². The summed E-state index contributed by atoms with van der Waals surface area (Å²) in [5, 5.41) is 6.51. The Morgan fingerprint density at radius 3 is 2.45 bits per heavy atom. The van der Waals surface area contributed by atoms with Gasteiger partial charge in [0.2, 0.25) is 5.88 Å². The first-order valence-corrected chi connectivity index (χ1v) is 12.0. The average molecular weight is 486 g/mol. The van der Waals surface area contributed by atoms with Gasteiger partial charge in [-0.3, -0.25) is 4.74 Å². The maximum atomic E-state index is 12.8. The molecule has 2 heterocycles. The molecule has 0 saturated heterocycles. The van der Waals surface area contributed by atoms with Gasteiger partial charge in [-0.25, -0.2) is 22.6 Å². The lowest BCUT2D eigenvalue weighted by Gasteiger charge is -2.25. The molecule has 1 atom stereocenters. The third kappa shape index (κ3) is 4.26. The van der Waals surface area contributed by atoms with Crippen molar-refractivity contribution in [1.82, 2.24) is 14.5 Å². The molecular formula is C20H21F3N4O5S. The number of nitrogens with one attached hydrogen (secondary N) is 2. The molecule has 33 heavy (non-hydrogen) atoms. The van der Waals surface area contributed by atoms with Gasteiger partial charge in [0.25, 0.3) is 10.0 Å². The minimum absolute atomic E-state index is 0.251. The van der Waals surface area contributed by atoms with Crippen LogP contribution in [0.2, 0.25) is 0 Å². The first kappa shape index (κ1) is 22.0. The number of sulfonamides is 1. The number of rotatable bonds is 4. The molecule has 1 aromatic carbocycles. The van der Waals surface area contributed by atoms with Crippen LogP contribution in [0.25, 0.3) is 0 Å². The first-order chi connectivity index (χ1) is 15.6. The molecule has 2 amide bonds. The van der Waals surface area contributed by atoms with Crippen LogP contribution in [0.4, 0.5) is 23.7 Å². The zero-order valence-electron chi connectivity index (χ0n) is 17.4. The third-order valence-corrected chi connectivity index (χ3v) is 7.38. The summed E-state index contributed by atoms with van der Waals surface area (Å²) < 4.78 is 75.0. The molecule has 178 valence electrons. The highest BCUT2D eigenvalue weighted by Crippen LogP contribution is 2.38. The molecule has 0 radical (unpaired) electrons. The Hall–Kier alpha value is -2.80. The van der Waals surface area contributed by atoms with Gasteiger partial charge in [0.1, 0.15) is 12.7 Å². The number of amides is 2. The Balaban J connectivity index is 1.33. The van der Waals surface area contributed by atoms with Crippen LogP contribution in [-0.4, -0.2) is 43.3 Å². The Morgan fingerprint density at radius 2 is 1.82 bits per heavy atom. The summed E-state index contributed by atoms with van der Waals surface area (Å²) in [5.74, 6) is -0.251. The monoisotopic (exact) mass is 486 g/mol. The Bertz CT molecular complexity index is 1190. The highest BCUT2D eigenvalue weighted by molar-refractivity contribution is 7.90. The second-order valence-corrected chi connectivity index (χ2v) is 9.94. The quantitative estimate of drug-likeness (QED) is 0.688. The van der Waals surface area contributed by atoms with Crippen molar-refractivity contribution >= 4 is 21.7 Å². The minimum Gasteiger partial charge on any atom is -0.474 e. The lowest BCUT2D eigenvalue weighted by atomic mass is 9.99. The SMILES string of the molecule is O=C(Nc1c2c(cc3c1CCC3)CCC2)NS(=O)(=O)c1cnn2c1OCC(OC(F)(F)F)C2. The second kappa shape index (κ2) is 7.90. The van der Waals surface area contributed by atoms with E-state index in [2.05, 4.69) is 21.2 Å². The van der Waals surface area contributed by atoms with Crippen molar-refractivity contribution in [3.05, 3.63) is 34.5 Å². The summed E-state index contributed by atoms with van der Waals surface area (Å²) in [6.07, 6.45) is 0.146. The van der Waals surface area contributed by atoms with Crippen molar-refractivity contribution in [3.63, 3.8) is 0 Å². The summed E-state index contributed by atoms with van der Waals surface area (Å²) in [4.78, 5) is 12.2. The molecule has 0 saturated carbocycles. The van der Waals surface area contributed by atoms with E-state index in [9.17, 15) is 26.4 Å².